The molecule has 192 valence electrons. The van der Waals surface area contributed by atoms with Crippen molar-refractivity contribution in [1.82, 2.24) is 14.5 Å². The third-order valence-corrected chi connectivity index (χ3v) is 7.93. The largest absolute Gasteiger partial charge is 0.309 e. The number of fused-ring (bicyclic) bond motifs is 5. The first kappa shape index (κ1) is 23.4. The molecule has 0 aliphatic rings. The molecule has 0 amide bonds. The van der Waals surface area contributed by atoms with Gasteiger partial charge in [0.1, 0.15) is 0 Å². The second kappa shape index (κ2) is 9.58. The standard InChI is InChI=1S/C38H25N3/c1-2-7-26(8-3-1)28-9-6-10-32(24-28)41-37-25-29(27-18-21-39-22-19-27)12-16-34(37)35-17-13-30-23-31(14-15-33(30)38(35)41)36-11-4-5-20-40-36/h1-25H. The van der Waals surface area contributed by atoms with E-state index in [9.17, 15) is 0 Å². The lowest BCUT2D eigenvalue weighted by atomic mass is 10.0. The third kappa shape index (κ3) is 3.98. The van der Waals surface area contributed by atoms with Gasteiger partial charge in [0, 0.05) is 46.0 Å². The van der Waals surface area contributed by atoms with Gasteiger partial charge >= 0.3 is 0 Å². The van der Waals surface area contributed by atoms with Gasteiger partial charge in [-0.2, -0.15) is 0 Å². The molecule has 0 atom stereocenters. The highest BCUT2D eigenvalue weighted by molar-refractivity contribution is 6.19. The molecule has 0 N–H and O–H groups in total. The number of benzene rings is 5. The number of hydrogen-bond acceptors (Lipinski definition) is 2. The van der Waals surface area contributed by atoms with Crippen LogP contribution in [-0.2, 0) is 0 Å². The molecule has 3 nitrogen and oxygen atoms in total. The zero-order valence-electron chi connectivity index (χ0n) is 22.3. The van der Waals surface area contributed by atoms with E-state index in [1.54, 1.807) is 0 Å². The maximum Gasteiger partial charge on any atom is 0.0702 e. The van der Waals surface area contributed by atoms with Gasteiger partial charge < -0.3 is 4.57 Å². The fourth-order valence-electron chi connectivity index (χ4n) is 5.98. The zero-order valence-corrected chi connectivity index (χ0v) is 22.3. The van der Waals surface area contributed by atoms with Gasteiger partial charge in [0.05, 0.1) is 16.7 Å². The first-order chi connectivity index (χ1) is 20.3. The van der Waals surface area contributed by atoms with Gasteiger partial charge in [0.25, 0.3) is 0 Å². The van der Waals surface area contributed by atoms with Gasteiger partial charge in [-0.1, -0.05) is 84.9 Å². The second-order valence-corrected chi connectivity index (χ2v) is 10.3. The first-order valence-electron chi connectivity index (χ1n) is 13.8. The maximum atomic E-state index is 4.59. The van der Waals surface area contributed by atoms with E-state index < -0.39 is 0 Å². The molecule has 0 radical (unpaired) electrons. The van der Waals surface area contributed by atoms with Crippen molar-refractivity contribution in [2.75, 3.05) is 0 Å². The molecular formula is C38H25N3. The summed E-state index contributed by atoms with van der Waals surface area (Å²) in [6.07, 6.45) is 5.55. The number of pyridine rings is 2. The minimum atomic E-state index is 0.979. The first-order valence-corrected chi connectivity index (χ1v) is 13.8. The molecule has 5 aromatic carbocycles. The molecule has 8 rings (SSSR count). The molecule has 3 aromatic heterocycles. The number of rotatable bonds is 4. The summed E-state index contributed by atoms with van der Waals surface area (Å²) < 4.78 is 2.44. The van der Waals surface area contributed by atoms with Crippen molar-refractivity contribution in [3.05, 3.63) is 152 Å². The van der Waals surface area contributed by atoms with E-state index in [2.05, 4.69) is 136 Å². The van der Waals surface area contributed by atoms with E-state index in [4.69, 9.17) is 0 Å². The van der Waals surface area contributed by atoms with Gasteiger partial charge in [-0.05, 0) is 76.2 Å². The summed E-state index contributed by atoms with van der Waals surface area (Å²) in [6.45, 7) is 0. The Labute approximate surface area is 238 Å². The minimum Gasteiger partial charge on any atom is -0.309 e. The van der Waals surface area contributed by atoms with Gasteiger partial charge in [-0.3, -0.25) is 9.97 Å². The van der Waals surface area contributed by atoms with Crippen LogP contribution in [0.3, 0.4) is 0 Å². The molecule has 3 heterocycles. The molecule has 0 saturated carbocycles. The van der Waals surface area contributed by atoms with E-state index in [0.717, 1.165) is 22.5 Å². The van der Waals surface area contributed by atoms with Crippen LogP contribution in [0, 0.1) is 0 Å². The number of nitrogens with zero attached hydrogens (tertiary/aromatic N) is 3. The highest BCUT2D eigenvalue weighted by Gasteiger charge is 2.17. The van der Waals surface area contributed by atoms with E-state index in [1.165, 1.54) is 49.3 Å². The molecule has 8 aromatic rings. The molecule has 0 aliphatic carbocycles. The van der Waals surface area contributed by atoms with Crippen molar-refractivity contribution in [3.63, 3.8) is 0 Å². The van der Waals surface area contributed by atoms with E-state index in [1.807, 2.05) is 30.7 Å². The van der Waals surface area contributed by atoms with Crippen LogP contribution in [0.5, 0.6) is 0 Å². The predicted molar refractivity (Wildman–Crippen MR) is 170 cm³/mol. The Morgan fingerprint density at radius 1 is 0.439 bits per heavy atom. The Morgan fingerprint density at radius 2 is 1.17 bits per heavy atom. The molecular weight excluding hydrogens is 498 g/mol. The van der Waals surface area contributed by atoms with E-state index in [0.29, 0.717) is 0 Å². The molecule has 3 heteroatoms. The smallest absolute Gasteiger partial charge is 0.0702 e. The minimum absolute atomic E-state index is 0.979. The van der Waals surface area contributed by atoms with Crippen molar-refractivity contribution in [3.8, 4) is 39.2 Å². The van der Waals surface area contributed by atoms with Crippen LogP contribution in [0.15, 0.2) is 152 Å². The van der Waals surface area contributed by atoms with E-state index >= 15 is 0 Å². The topological polar surface area (TPSA) is 30.7 Å². The molecule has 0 bridgehead atoms. The fraction of sp³-hybridized carbons (Fsp3) is 0. The Hall–Kier alpha value is -5.54. The zero-order chi connectivity index (χ0) is 27.2. The van der Waals surface area contributed by atoms with Crippen molar-refractivity contribution in [1.29, 1.82) is 0 Å². The highest BCUT2D eigenvalue weighted by atomic mass is 15.0. The molecule has 0 spiro atoms. The third-order valence-electron chi connectivity index (χ3n) is 7.93. The summed E-state index contributed by atoms with van der Waals surface area (Å²) in [7, 11) is 0. The summed E-state index contributed by atoms with van der Waals surface area (Å²) in [6, 6.07) is 47.6. The van der Waals surface area contributed by atoms with Gasteiger partial charge in [-0.15, -0.1) is 0 Å². The molecule has 0 unspecified atom stereocenters. The molecule has 0 saturated heterocycles. The van der Waals surface area contributed by atoms with E-state index in [-0.39, 0.29) is 0 Å². The molecule has 41 heavy (non-hydrogen) atoms. The number of aromatic nitrogens is 3. The SMILES string of the molecule is c1ccc(-c2cccc(-n3c4cc(-c5ccncc5)ccc4c4ccc5cc(-c6ccccn6)ccc5c43)c2)cc1. The lowest BCUT2D eigenvalue weighted by Gasteiger charge is -2.13. The van der Waals surface area contributed by atoms with Gasteiger partial charge in [-0.25, -0.2) is 0 Å². The maximum absolute atomic E-state index is 4.59. The van der Waals surface area contributed by atoms with Crippen LogP contribution in [0.2, 0.25) is 0 Å². The Bertz CT molecular complexity index is 2180. The van der Waals surface area contributed by atoms with Crippen LogP contribution >= 0.6 is 0 Å². The summed E-state index contributed by atoms with van der Waals surface area (Å²) >= 11 is 0. The van der Waals surface area contributed by atoms with Crippen LogP contribution in [0.25, 0.3) is 71.8 Å². The summed E-state index contributed by atoms with van der Waals surface area (Å²) in [5.74, 6) is 0. The molecule has 0 aliphatic heterocycles. The highest BCUT2D eigenvalue weighted by Crippen LogP contribution is 2.39. The predicted octanol–water partition coefficient (Wildman–Crippen LogP) is 9.73. The van der Waals surface area contributed by atoms with Crippen LogP contribution < -0.4 is 0 Å². The summed E-state index contributed by atoms with van der Waals surface area (Å²) in [5.41, 5.74) is 10.4. The Morgan fingerprint density at radius 3 is 2.02 bits per heavy atom. The quantitative estimate of drug-likeness (QED) is 0.230. The summed E-state index contributed by atoms with van der Waals surface area (Å²) in [4.78, 5) is 8.81. The summed E-state index contributed by atoms with van der Waals surface area (Å²) in [5, 5.41) is 4.88. The second-order valence-electron chi connectivity index (χ2n) is 10.3. The van der Waals surface area contributed by atoms with Gasteiger partial charge in [0.15, 0.2) is 0 Å². The molecule has 0 fully saturated rings. The normalized spacial score (nSPS) is 11.4. The fourth-order valence-corrected chi connectivity index (χ4v) is 5.98. The Balaban J connectivity index is 1.44. The average Bonchev–Trinajstić information content (AvgIpc) is 3.40. The lowest BCUT2D eigenvalue weighted by molar-refractivity contribution is 1.19. The van der Waals surface area contributed by atoms with Crippen LogP contribution in [-0.4, -0.2) is 14.5 Å². The van der Waals surface area contributed by atoms with Crippen molar-refractivity contribution >= 4 is 32.6 Å². The van der Waals surface area contributed by atoms with Gasteiger partial charge in [0.2, 0.25) is 0 Å². The monoisotopic (exact) mass is 523 g/mol. The van der Waals surface area contributed by atoms with Crippen LogP contribution in [0.1, 0.15) is 0 Å². The van der Waals surface area contributed by atoms with Crippen molar-refractivity contribution in [2.45, 2.75) is 0 Å². The number of hydrogen-bond donors (Lipinski definition) is 0. The lowest BCUT2D eigenvalue weighted by Crippen LogP contribution is -1.95. The average molecular weight is 524 g/mol. The van der Waals surface area contributed by atoms with Crippen molar-refractivity contribution in [2.24, 2.45) is 0 Å². The van der Waals surface area contributed by atoms with Crippen LogP contribution in [0.4, 0.5) is 0 Å². The Kier molecular flexibility index (Phi) is 5.46. The van der Waals surface area contributed by atoms with Crippen molar-refractivity contribution < 1.29 is 0 Å².